The van der Waals surface area contributed by atoms with E-state index in [0.717, 1.165) is 24.9 Å². The molecule has 2 rings (SSSR count). The number of nitrogens with one attached hydrogen (secondary N) is 2. The maximum absolute atomic E-state index is 4.17. The van der Waals surface area contributed by atoms with Crippen LogP contribution in [0.1, 0.15) is 12.8 Å². The summed E-state index contributed by atoms with van der Waals surface area (Å²) < 4.78 is 0. The Bertz CT molecular complexity index is 244. The van der Waals surface area contributed by atoms with E-state index in [1.54, 1.807) is 6.20 Å². The summed E-state index contributed by atoms with van der Waals surface area (Å²) in [5.74, 6) is 0.958. The summed E-state index contributed by atoms with van der Waals surface area (Å²) in [7, 11) is 0. The van der Waals surface area contributed by atoms with Gasteiger partial charge in [-0.3, -0.25) is 0 Å². The number of nitrogens with zero attached hydrogens (tertiary/aromatic N) is 1. The molecule has 0 unspecified atom stereocenters. The van der Waals surface area contributed by atoms with E-state index in [-0.39, 0.29) is 0 Å². The fraction of sp³-hybridized carbons (Fsp3) is 0.500. The highest BCUT2D eigenvalue weighted by atomic mass is 15.0. The van der Waals surface area contributed by atoms with Gasteiger partial charge in [-0.2, -0.15) is 0 Å². The molecule has 3 nitrogen and oxygen atoms in total. The molecule has 0 radical (unpaired) electrons. The average Bonchev–Trinajstić information content (AvgIpc) is 2.98. The zero-order chi connectivity index (χ0) is 8.93. The van der Waals surface area contributed by atoms with Gasteiger partial charge in [0.15, 0.2) is 0 Å². The van der Waals surface area contributed by atoms with Crippen molar-refractivity contribution in [3.63, 3.8) is 0 Å². The Hall–Kier alpha value is -1.09. The van der Waals surface area contributed by atoms with Crippen LogP contribution >= 0.6 is 0 Å². The van der Waals surface area contributed by atoms with Crippen molar-refractivity contribution in [3.8, 4) is 0 Å². The van der Waals surface area contributed by atoms with Crippen molar-refractivity contribution in [1.29, 1.82) is 0 Å². The molecular weight excluding hydrogens is 162 g/mol. The van der Waals surface area contributed by atoms with Crippen LogP contribution < -0.4 is 10.6 Å². The summed E-state index contributed by atoms with van der Waals surface area (Å²) in [5, 5.41) is 6.69. The third kappa shape index (κ3) is 3.03. The maximum Gasteiger partial charge on any atom is 0.125 e. The largest absolute Gasteiger partial charge is 0.369 e. The number of rotatable bonds is 5. The highest BCUT2D eigenvalue weighted by Gasteiger charge is 2.19. The molecule has 3 heteroatoms. The summed E-state index contributed by atoms with van der Waals surface area (Å²) in [6, 6.07) is 6.69. The van der Waals surface area contributed by atoms with Crippen LogP contribution in [0.25, 0.3) is 0 Å². The minimum Gasteiger partial charge on any atom is -0.369 e. The zero-order valence-corrected chi connectivity index (χ0v) is 7.66. The average molecular weight is 177 g/mol. The fourth-order valence-corrected chi connectivity index (χ4v) is 1.22. The Morgan fingerprint density at radius 1 is 1.31 bits per heavy atom. The lowest BCUT2D eigenvalue weighted by Gasteiger charge is -2.05. The van der Waals surface area contributed by atoms with Crippen molar-refractivity contribution in [2.45, 2.75) is 18.9 Å². The number of hydrogen-bond acceptors (Lipinski definition) is 3. The lowest BCUT2D eigenvalue weighted by molar-refractivity contribution is 0.700. The van der Waals surface area contributed by atoms with Crippen LogP contribution in [0.5, 0.6) is 0 Å². The first-order valence-corrected chi connectivity index (χ1v) is 4.83. The van der Waals surface area contributed by atoms with Gasteiger partial charge < -0.3 is 10.6 Å². The molecular formula is C10H15N3. The van der Waals surface area contributed by atoms with Crippen molar-refractivity contribution in [1.82, 2.24) is 10.3 Å². The highest BCUT2D eigenvalue weighted by molar-refractivity contribution is 5.32. The molecule has 1 aromatic heterocycles. The van der Waals surface area contributed by atoms with Gasteiger partial charge in [-0.05, 0) is 25.0 Å². The molecule has 0 atom stereocenters. The number of hydrogen-bond donors (Lipinski definition) is 2. The highest BCUT2D eigenvalue weighted by Crippen LogP contribution is 2.17. The van der Waals surface area contributed by atoms with Gasteiger partial charge in [-0.1, -0.05) is 6.07 Å². The molecule has 0 bridgehead atoms. The number of pyridine rings is 1. The van der Waals surface area contributed by atoms with Crippen LogP contribution in [0.4, 0.5) is 5.82 Å². The van der Waals surface area contributed by atoms with Crippen LogP contribution in [0, 0.1) is 0 Å². The zero-order valence-electron chi connectivity index (χ0n) is 7.66. The number of aromatic nitrogens is 1. The molecule has 1 fully saturated rings. The molecule has 0 aromatic carbocycles. The second-order valence-corrected chi connectivity index (χ2v) is 3.37. The number of anilines is 1. The second kappa shape index (κ2) is 4.23. The molecule has 0 saturated heterocycles. The molecule has 1 saturated carbocycles. The first kappa shape index (κ1) is 8.51. The van der Waals surface area contributed by atoms with Crippen molar-refractivity contribution < 1.29 is 0 Å². The molecule has 0 amide bonds. The van der Waals surface area contributed by atoms with Crippen LogP contribution in [0.2, 0.25) is 0 Å². The standard InChI is InChI=1S/C10H15N3/c1-2-6-12-10(3-1)13-8-7-11-9-4-5-9/h1-3,6,9,11H,4-5,7-8H2,(H,12,13). The summed E-state index contributed by atoms with van der Waals surface area (Å²) in [6.45, 7) is 1.98. The molecule has 2 N–H and O–H groups in total. The van der Waals surface area contributed by atoms with Crippen molar-refractivity contribution in [3.05, 3.63) is 24.4 Å². The Morgan fingerprint density at radius 3 is 2.92 bits per heavy atom. The van der Waals surface area contributed by atoms with E-state index in [1.165, 1.54) is 12.8 Å². The van der Waals surface area contributed by atoms with Gasteiger partial charge in [0.05, 0.1) is 0 Å². The first-order valence-electron chi connectivity index (χ1n) is 4.83. The smallest absolute Gasteiger partial charge is 0.125 e. The molecule has 1 aromatic rings. The lowest BCUT2D eigenvalue weighted by atomic mass is 10.4. The SMILES string of the molecule is c1ccc(NCCNC2CC2)nc1. The molecule has 0 spiro atoms. The second-order valence-electron chi connectivity index (χ2n) is 3.37. The normalized spacial score (nSPS) is 15.7. The quantitative estimate of drug-likeness (QED) is 0.664. The minimum atomic E-state index is 0.797. The molecule has 1 aliphatic rings. The van der Waals surface area contributed by atoms with Gasteiger partial charge in [-0.25, -0.2) is 4.98 Å². The van der Waals surface area contributed by atoms with Gasteiger partial charge in [0.1, 0.15) is 5.82 Å². The van der Waals surface area contributed by atoms with Crippen molar-refractivity contribution in [2.75, 3.05) is 18.4 Å². The van der Waals surface area contributed by atoms with E-state index in [9.17, 15) is 0 Å². The maximum atomic E-state index is 4.17. The van der Waals surface area contributed by atoms with Crippen LogP contribution in [0.3, 0.4) is 0 Å². The van der Waals surface area contributed by atoms with E-state index in [4.69, 9.17) is 0 Å². The van der Waals surface area contributed by atoms with Gasteiger partial charge in [-0.15, -0.1) is 0 Å². The first-order chi connectivity index (χ1) is 6.45. The lowest BCUT2D eigenvalue weighted by Crippen LogP contribution is -2.24. The molecule has 0 aliphatic heterocycles. The Balaban J connectivity index is 1.61. The topological polar surface area (TPSA) is 37.0 Å². The van der Waals surface area contributed by atoms with Crippen LogP contribution in [-0.2, 0) is 0 Å². The Morgan fingerprint density at radius 2 is 2.23 bits per heavy atom. The van der Waals surface area contributed by atoms with E-state index in [0.29, 0.717) is 0 Å². The van der Waals surface area contributed by atoms with Gasteiger partial charge >= 0.3 is 0 Å². The summed E-state index contributed by atoms with van der Waals surface area (Å²) >= 11 is 0. The van der Waals surface area contributed by atoms with E-state index < -0.39 is 0 Å². The van der Waals surface area contributed by atoms with Gasteiger partial charge in [0.2, 0.25) is 0 Å². The van der Waals surface area contributed by atoms with Gasteiger partial charge in [0.25, 0.3) is 0 Å². The molecule has 1 aliphatic carbocycles. The van der Waals surface area contributed by atoms with E-state index in [1.807, 2.05) is 18.2 Å². The third-order valence-electron chi connectivity index (χ3n) is 2.11. The van der Waals surface area contributed by atoms with E-state index in [2.05, 4.69) is 15.6 Å². The minimum absolute atomic E-state index is 0.797. The molecule has 1 heterocycles. The van der Waals surface area contributed by atoms with E-state index >= 15 is 0 Å². The summed E-state index contributed by atoms with van der Waals surface area (Å²) in [6.07, 6.45) is 4.50. The Labute approximate surface area is 78.6 Å². The predicted molar refractivity (Wildman–Crippen MR) is 53.8 cm³/mol. The van der Waals surface area contributed by atoms with Crippen molar-refractivity contribution >= 4 is 5.82 Å². The molecule has 13 heavy (non-hydrogen) atoms. The summed E-state index contributed by atoms with van der Waals surface area (Å²) in [4.78, 5) is 4.17. The predicted octanol–water partition coefficient (Wildman–Crippen LogP) is 1.25. The third-order valence-corrected chi connectivity index (χ3v) is 2.11. The van der Waals surface area contributed by atoms with Crippen LogP contribution in [-0.4, -0.2) is 24.1 Å². The Kier molecular flexibility index (Phi) is 2.77. The van der Waals surface area contributed by atoms with Gasteiger partial charge in [0, 0.05) is 25.3 Å². The monoisotopic (exact) mass is 177 g/mol. The van der Waals surface area contributed by atoms with Crippen molar-refractivity contribution in [2.24, 2.45) is 0 Å². The fourth-order valence-electron chi connectivity index (χ4n) is 1.22. The van der Waals surface area contributed by atoms with Crippen LogP contribution in [0.15, 0.2) is 24.4 Å². The summed E-state index contributed by atoms with van der Waals surface area (Å²) in [5.41, 5.74) is 0. The molecule has 70 valence electrons.